The zero-order valence-corrected chi connectivity index (χ0v) is 10.8. The van der Waals surface area contributed by atoms with Crippen molar-refractivity contribution in [1.82, 2.24) is 0 Å². The molecule has 0 aliphatic heterocycles. The number of nitrogens with two attached hydrogens (primary N) is 1. The van der Waals surface area contributed by atoms with Crippen LogP contribution in [0.15, 0.2) is 18.2 Å². The molecule has 0 bridgehead atoms. The maximum Gasteiger partial charge on any atom is 0.224 e. The van der Waals surface area contributed by atoms with Crippen LogP contribution in [0.4, 0.5) is 5.69 Å². The molecule has 17 heavy (non-hydrogen) atoms. The summed E-state index contributed by atoms with van der Waals surface area (Å²) in [5, 5.41) is 3.29. The fourth-order valence-corrected chi connectivity index (χ4v) is 1.85. The second kappa shape index (κ2) is 5.02. The van der Waals surface area contributed by atoms with Crippen molar-refractivity contribution in [2.45, 2.75) is 19.3 Å². The molecule has 0 saturated heterocycles. The van der Waals surface area contributed by atoms with Gasteiger partial charge in [-0.15, -0.1) is 0 Å². The standard InChI is InChI=1S/C12H13ClN2OS/c13-9-4-3-8(12(14)17)6-10(9)15-11(16)5-7-1-2-7/h3-4,6-7H,1-2,5H2,(H2,14,17)(H,15,16). The molecule has 1 aromatic rings. The quantitative estimate of drug-likeness (QED) is 0.826. The second-order valence-electron chi connectivity index (χ2n) is 4.25. The number of carbonyl (C=O) groups is 1. The third-order valence-electron chi connectivity index (χ3n) is 2.70. The summed E-state index contributed by atoms with van der Waals surface area (Å²) in [6.07, 6.45) is 2.86. The highest BCUT2D eigenvalue weighted by Gasteiger charge is 2.24. The number of carbonyl (C=O) groups excluding carboxylic acids is 1. The average molecular weight is 269 g/mol. The Labute approximate surface area is 110 Å². The Kier molecular flexibility index (Phi) is 3.64. The lowest BCUT2D eigenvalue weighted by atomic mass is 10.2. The Bertz CT molecular complexity index is 472. The molecule has 90 valence electrons. The van der Waals surface area contributed by atoms with Crippen LogP contribution >= 0.6 is 23.8 Å². The predicted octanol–water partition coefficient (Wildman–Crippen LogP) is 2.71. The number of hydrogen-bond donors (Lipinski definition) is 2. The van der Waals surface area contributed by atoms with Crippen molar-refractivity contribution in [1.29, 1.82) is 0 Å². The van der Waals surface area contributed by atoms with Crippen molar-refractivity contribution in [3.05, 3.63) is 28.8 Å². The van der Waals surface area contributed by atoms with Crippen molar-refractivity contribution in [3.8, 4) is 0 Å². The number of thiocarbonyl (C=S) groups is 1. The summed E-state index contributed by atoms with van der Waals surface area (Å²) < 4.78 is 0. The highest BCUT2D eigenvalue weighted by molar-refractivity contribution is 7.80. The summed E-state index contributed by atoms with van der Waals surface area (Å²) in [5.41, 5.74) is 6.80. The molecule has 0 spiro atoms. The molecule has 3 nitrogen and oxygen atoms in total. The van der Waals surface area contributed by atoms with Gasteiger partial charge >= 0.3 is 0 Å². The first kappa shape index (κ1) is 12.3. The van der Waals surface area contributed by atoms with Crippen LogP contribution in [0.3, 0.4) is 0 Å². The fraction of sp³-hybridized carbons (Fsp3) is 0.333. The molecule has 3 N–H and O–H groups in total. The molecule has 2 rings (SSSR count). The minimum atomic E-state index is -0.00510. The molecule has 1 amide bonds. The molecule has 0 aromatic heterocycles. The third kappa shape index (κ3) is 3.41. The molecule has 0 unspecified atom stereocenters. The SMILES string of the molecule is NC(=S)c1ccc(Cl)c(NC(=O)CC2CC2)c1. The van der Waals surface area contributed by atoms with Crippen LogP contribution in [-0.4, -0.2) is 10.9 Å². The fourth-order valence-electron chi connectivity index (χ4n) is 1.56. The van der Waals surface area contributed by atoms with Gasteiger partial charge in [-0.2, -0.15) is 0 Å². The van der Waals surface area contributed by atoms with Gasteiger partial charge in [0.15, 0.2) is 0 Å². The van der Waals surface area contributed by atoms with Gasteiger partial charge in [-0.05, 0) is 30.9 Å². The van der Waals surface area contributed by atoms with Crippen LogP contribution in [0.2, 0.25) is 5.02 Å². The Morgan fingerprint density at radius 1 is 1.53 bits per heavy atom. The van der Waals surface area contributed by atoms with Gasteiger partial charge in [0.05, 0.1) is 10.7 Å². The van der Waals surface area contributed by atoms with Gasteiger partial charge in [-0.3, -0.25) is 4.79 Å². The van der Waals surface area contributed by atoms with Crippen molar-refractivity contribution < 1.29 is 4.79 Å². The van der Waals surface area contributed by atoms with Crippen LogP contribution < -0.4 is 11.1 Å². The number of amides is 1. The molecule has 0 atom stereocenters. The van der Waals surface area contributed by atoms with Gasteiger partial charge in [-0.1, -0.05) is 29.9 Å². The normalized spacial score (nSPS) is 14.4. The van der Waals surface area contributed by atoms with Crippen LogP contribution in [0.1, 0.15) is 24.8 Å². The minimum Gasteiger partial charge on any atom is -0.389 e. The molecule has 1 fully saturated rings. The van der Waals surface area contributed by atoms with Crippen LogP contribution in [-0.2, 0) is 4.79 Å². The van der Waals surface area contributed by atoms with E-state index in [1.807, 2.05) is 0 Å². The zero-order valence-electron chi connectivity index (χ0n) is 9.20. The highest BCUT2D eigenvalue weighted by atomic mass is 35.5. The lowest BCUT2D eigenvalue weighted by molar-refractivity contribution is -0.116. The van der Waals surface area contributed by atoms with E-state index in [9.17, 15) is 4.79 Å². The monoisotopic (exact) mass is 268 g/mol. The lowest BCUT2D eigenvalue weighted by Crippen LogP contribution is -2.14. The van der Waals surface area contributed by atoms with E-state index in [0.717, 1.165) is 12.8 Å². The molecule has 1 saturated carbocycles. The summed E-state index contributed by atoms with van der Waals surface area (Å²) in [4.78, 5) is 12.0. The van der Waals surface area contributed by atoms with E-state index in [2.05, 4.69) is 5.32 Å². The molecule has 1 aromatic carbocycles. The van der Waals surface area contributed by atoms with E-state index < -0.39 is 0 Å². The van der Waals surface area contributed by atoms with Gasteiger partial charge < -0.3 is 11.1 Å². The first-order valence-corrected chi connectivity index (χ1v) is 6.24. The molecule has 5 heteroatoms. The smallest absolute Gasteiger partial charge is 0.224 e. The Morgan fingerprint density at radius 2 is 2.24 bits per heavy atom. The van der Waals surface area contributed by atoms with Gasteiger partial charge in [0.25, 0.3) is 0 Å². The van der Waals surface area contributed by atoms with E-state index >= 15 is 0 Å². The van der Waals surface area contributed by atoms with Crippen molar-refractivity contribution in [3.63, 3.8) is 0 Å². The largest absolute Gasteiger partial charge is 0.389 e. The van der Waals surface area contributed by atoms with Gasteiger partial charge in [-0.25, -0.2) is 0 Å². The molecular formula is C12H13ClN2OS. The minimum absolute atomic E-state index is 0.00510. The topological polar surface area (TPSA) is 55.1 Å². The number of halogens is 1. The summed E-state index contributed by atoms with van der Waals surface area (Å²) in [5.74, 6) is 0.544. The van der Waals surface area contributed by atoms with E-state index in [1.165, 1.54) is 0 Å². The number of benzene rings is 1. The van der Waals surface area contributed by atoms with Gasteiger partial charge in [0.2, 0.25) is 5.91 Å². The van der Waals surface area contributed by atoms with E-state index in [0.29, 0.717) is 33.6 Å². The van der Waals surface area contributed by atoms with E-state index in [-0.39, 0.29) is 5.91 Å². The number of nitrogens with one attached hydrogen (secondary N) is 1. The molecule has 1 aliphatic rings. The van der Waals surface area contributed by atoms with Crippen LogP contribution in [0.25, 0.3) is 0 Å². The summed E-state index contributed by atoms with van der Waals surface area (Å²) in [6.45, 7) is 0. The maximum absolute atomic E-state index is 11.7. The second-order valence-corrected chi connectivity index (χ2v) is 5.10. The first-order chi connectivity index (χ1) is 8.06. The van der Waals surface area contributed by atoms with Crippen molar-refractivity contribution >= 4 is 40.4 Å². The van der Waals surface area contributed by atoms with Gasteiger partial charge in [0, 0.05) is 12.0 Å². The molecular weight excluding hydrogens is 256 g/mol. The van der Waals surface area contributed by atoms with Crippen LogP contribution in [0.5, 0.6) is 0 Å². The summed E-state index contributed by atoms with van der Waals surface area (Å²) in [6, 6.07) is 5.12. The zero-order chi connectivity index (χ0) is 12.4. The van der Waals surface area contributed by atoms with Crippen LogP contribution in [0, 0.1) is 5.92 Å². The molecule has 0 heterocycles. The summed E-state index contributed by atoms with van der Waals surface area (Å²) >= 11 is 10.9. The molecule has 1 aliphatic carbocycles. The lowest BCUT2D eigenvalue weighted by Gasteiger charge is -2.08. The highest BCUT2D eigenvalue weighted by Crippen LogP contribution is 2.33. The summed E-state index contributed by atoms with van der Waals surface area (Å²) in [7, 11) is 0. The molecule has 0 radical (unpaired) electrons. The average Bonchev–Trinajstić information content (AvgIpc) is 3.04. The Morgan fingerprint density at radius 3 is 2.82 bits per heavy atom. The van der Waals surface area contributed by atoms with Crippen molar-refractivity contribution in [2.24, 2.45) is 11.7 Å². The third-order valence-corrected chi connectivity index (χ3v) is 3.26. The predicted molar refractivity (Wildman–Crippen MR) is 73.3 cm³/mol. The Hall–Kier alpha value is -1.13. The number of hydrogen-bond acceptors (Lipinski definition) is 2. The number of anilines is 1. The van der Waals surface area contributed by atoms with E-state index in [4.69, 9.17) is 29.6 Å². The van der Waals surface area contributed by atoms with E-state index in [1.54, 1.807) is 18.2 Å². The van der Waals surface area contributed by atoms with Crippen molar-refractivity contribution in [2.75, 3.05) is 5.32 Å². The Balaban J connectivity index is 2.09. The number of rotatable bonds is 4. The van der Waals surface area contributed by atoms with Gasteiger partial charge in [0.1, 0.15) is 4.99 Å². The first-order valence-electron chi connectivity index (χ1n) is 5.45. The maximum atomic E-state index is 11.7.